The summed E-state index contributed by atoms with van der Waals surface area (Å²) in [5, 5.41) is 18.5. The molecule has 0 aliphatic rings. The average Bonchev–Trinajstić information content (AvgIpc) is 2.71. The van der Waals surface area contributed by atoms with Crippen LogP contribution in [-0.4, -0.2) is 60.0 Å². The Bertz CT molecular complexity index is 346. The van der Waals surface area contributed by atoms with Gasteiger partial charge >= 0.3 is 5.97 Å². The number of ether oxygens (including phenoxy) is 1. The Morgan fingerprint density at radius 3 is 1.52 bits per heavy atom. The maximum atomic E-state index is 12.3. The third-order valence-electron chi connectivity index (χ3n) is 5.60. The van der Waals surface area contributed by atoms with Gasteiger partial charge < -0.3 is 14.9 Å². The molecule has 5 heteroatoms. The first-order valence-electron chi connectivity index (χ1n) is 12.3. The third kappa shape index (κ3) is 16.8. The molecule has 0 aliphatic heterocycles. The molecule has 29 heavy (non-hydrogen) atoms. The van der Waals surface area contributed by atoms with Crippen LogP contribution in [0.3, 0.4) is 0 Å². The van der Waals surface area contributed by atoms with E-state index in [1.54, 1.807) is 0 Å². The molecule has 1 unspecified atom stereocenters. The summed E-state index contributed by atoms with van der Waals surface area (Å²) < 4.78 is 5.20. The Kier molecular flexibility index (Phi) is 21.6. The van der Waals surface area contributed by atoms with E-state index in [-0.39, 0.29) is 25.2 Å². The number of hydrogen-bond acceptors (Lipinski definition) is 5. The molecule has 0 amide bonds. The first kappa shape index (κ1) is 28.4. The number of aliphatic hydroxyl groups is 2. The van der Waals surface area contributed by atoms with Gasteiger partial charge in [0.05, 0.1) is 19.8 Å². The van der Waals surface area contributed by atoms with E-state index in [2.05, 4.69) is 6.92 Å². The molecule has 0 aromatic carbocycles. The number of carbonyl (C=O) groups excluding carboxylic acids is 1. The van der Waals surface area contributed by atoms with Crippen molar-refractivity contribution in [1.82, 2.24) is 4.90 Å². The zero-order chi connectivity index (χ0) is 21.6. The molecule has 0 radical (unpaired) electrons. The minimum Gasteiger partial charge on any atom is -0.465 e. The van der Waals surface area contributed by atoms with Crippen LogP contribution in [0.5, 0.6) is 0 Å². The first-order valence-corrected chi connectivity index (χ1v) is 12.3. The number of aliphatic hydroxyl groups excluding tert-OH is 2. The number of esters is 1. The van der Waals surface area contributed by atoms with Gasteiger partial charge in [-0.2, -0.15) is 0 Å². The summed E-state index contributed by atoms with van der Waals surface area (Å²) in [5.41, 5.74) is 0. The second-order valence-electron chi connectivity index (χ2n) is 8.14. The SMILES string of the molecule is CCCCCCCCCCCCCCCCC(C(=O)OCC)N(CCO)CCO. The number of nitrogens with zero attached hydrogens (tertiary/aromatic N) is 1. The number of unbranched alkanes of at least 4 members (excludes halogenated alkanes) is 13. The molecular weight excluding hydrogens is 366 g/mol. The lowest BCUT2D eigenvalue weighted by Gasteiger charge is -2.29. The Morgan fingerprint density at radius 1 is 0.724 bits per heavy atom. The van der Waals surface area contributed by atoms with Gasteiger partial charge in [0.1, 0.15) is 6.04 Å². The van der Waals surface area contributed by atoms with Gasteiger partial charge in [0.15, 0.2) is 0 Å². The lowest BCUT2D eigenvalue weighted by molar-refractivity contribution is -0.150. The van der Waals surface area contributed by atoms with Gasteiger partial charge in [0, 0.05) is 13.1 Å². The van der Waals surface area contributed by atoms with Crippen molar-refractivity contribution in [2.75, 3.05) is 32.9 Å². The molecule has 0 aliphatic carbocycles. The molecular formula is C24H49NO4. The summed E-state index contributed by atoms with van der Waals surface area (Å²) in [5.74, 6) is -0.232. The fourth-order valence-electron chi connectivity index (χ4n) is 3.90. The highest BCUT2D eigenvalue weighted by molar-refractivity contribution is 5.75. The first-order chi connectivity index (χ1) is 14.2. The number of carbonyl (C=O) groups is 1. The summed E-state index contributed by atoms with van der Waals surface area (Å²) >= 11 is 0. The standard InChI is InChI=1S/C24H49NO4/c1-3-5-6-7-8-9-10-11-12-13-14-15-16-17-18-23(24(28)29-4-2)25(19-21-26)20-22-27/h23,26-27H,3-22H2,1-2H3. The highest BCUT2D eigenvalue weighted by Gasteiger charge is 2.26. The zero-order valence-electron chi connectivity index (χ0n) is 19.4. The average molecular weight is 416 g/mol. The van der Waals surface area contributed by atoms with Crippen molar-refractivity contribution in [2.45, 2.75) is 116 Å². The minimum absolute atomic E-state index is 0.0192. The highest BCUT2D eigenvalue weighted by Crippen LogP contribution is 2.16. The highest BCUT2D eigenvalue weighted by atomic mass is 16.5. The van der Waals surface area contributed by atoms with E-state index in [1.807, 2.05) is 11.8 Å². The van der Waals surface area contributed by atoms with E-state index >= 15 is 0 Å². The fourth-order valence-corrected chi connectivity index (χ4v) is 3.90. The monoisotopic (exact) mass is 415 g/mol. The van der Waals surface area contributed by atoms with Gasteiger partial charge in [-0.05, 0) is 13.3 Å². The molecule has 0 bridgehead atoms. The van der Waals surface area contributed by atoms with Crippen molar-refractivity contribution < 1.29 is 19.7 Å². The predicted octanol–water partition coefficient (Wildman–Crippen LogP) is 5.08. The van der Waals surface area contributed by atoms with Gasteiger partial charge in [-0.25, -0.2) is 0 Å². The van der Waals surface area contributed by atoms with Gasteiger partial charge in [-0.15, -0.1) is 0 Å². The molecule has 0 aromatic heterocycles. The van der Waals surface area contributed by atoms with Crippen LogP contribution >= 0.6 is 0 Å². The summed E-state index contributed by atoms with van der Waals surface area (Å²) in [6.07, 6.45) is 19.1. The van der Waals surface area contributed by atoms with Crippen LogP contribution in [0, 0.1) is 0 Å². The Morgan fingerprint density at radius 2 is 1.14 bits per heavy atom. The predicted molar refractivity (Wildman–Crippen MR) is 121 cm³/mol. The summed E-state index contributed by atoms with van der Waals surface area (Å²) in [7, 11) is 0. The zero-order valence-corrected chi connectivity index (χ0v) is 19.4. The maximum absolute atomic E-state index is 12.3. The summed E-state index contributed by atoms with van der Waals surface area (Å²) in [6, 6.07) is -0.355. The molecule has 0 rings (SSSR count). The van der Waals surface area contributed by atoms with Crippen LogP contribution < -0.4 is 0 Å². The topological polar surface area (TPSA) is 70.0 Å². The second-order valence-corrected chi connectivity index (χ2v) is 8.14. The molecule has 0 aromatic rings. The normalized spacial score (nSPS) is 12.4. The van der Waals surface area contributed by atoms with Crippen LogP contribution in [0.25, 0.3) is 0 Å². The minimum atomic E-state index is -0.355. The van der Waals surface area contributed by atoms with Crippen molar-refractivity contribution in [3.05, 3.63) is 0 Å². The van der Waals surface area contributed by atoms with Gasteiger partial charge in [0.2, 0.25) is 0 Å². The van der Waals surface area contributed by atoms with Gasteiger partial charge in [-0.3, -0.25) is 9.69 Å². The smallest absolute Gasteiger partial charge is 0.323 e. The van der Waals surface area contributed by atoms with E-state index in [4.69, 9.17) is 4.74 Å². The van der Waals surface area contributed by atoms with Crippen molar-refractivity contribution in [3.8, 4) is 0 Å². The van der Waals surface area contributed by atoms with Crippen molar-refractivity contribution in [2.24, 2.45) is 0 Å². The molecule has 1 atom stereocenters. The van der Waals surface area contributed by atoms with Crippen molar-refractivity contribution in [3.63, 3.8) is 0 Å². The molecule has 0 spiro atoms. The van der Waals surface area contributed by atoms with Crippen LogP contribution in [0.2, 0.25) is 0 Å². The molecule has 5 nitrogen and oxygen atoms in total. The lowest BCUT2D eigenvalue weighted by atomic mass is 10.0. The van der Waals surface area contributed by atoms with E-state index in [0.29, 0.717) is 19.7 Å². The van der Waals surface area contributed by atoms with Crippen molar-refractivity contribution in [1.29, 1.82) is 0 Å². The third-order valence-corrected chi connectivity index (χ3v) is 5.60. The van der Waals surface area contributed by atoms with E-state index in [9.17, 15) is 15.0 Å². The molecule has 0 fully saturated rings. The Labute approximate surface area is 180 Å². The summed E-state index contributed by atoms with van der Waals surface area (Å²) in [4.78, 5) is 14.1. The Hall–Kier alpha value is -0.650. The molecule has 174 valence electrons. The van der Waals surface area contributed by atoms with E-state index in [0.717, 1.165) is 19.3 Å². The van der Waals surface area contributed by atoms with Crippen LogP contribution in [0.15, 0.2) is 0 Å². The van der Waals surface area contributed by atoms with Gasteiger partial charge in [0.25, 0.3) is 0 Å². The molecule has 2 N–H and O–H groups in total. The van der Waals surface area contributed by atoms with Crippen LogP contribution in [0.4, 0.5) is 0 Å². The van der Waals surface area contributed by atoms with E-state index in [1.165, 1.54) is 77.0 Å². The second kappa shape index (κ2) is 22.0. The maximum Gasteiger partial charge on any atom is 0.323 e. The molecule has 0 heterocycles. The van der Waals surface area contributed by atoms with Gasteiger partial charge in [-0.1, -0.05) is 96.8 Å². The summed E-state index contributed by atoms with van der Waals surface area (Å²) in [6.45, 7) is 5.18. The molecule has 0 saturated heterocycles. The molecule has 0 saturated carbocycles. The number of hydrogen-bond donors (Lipinski definition) is 2. The Balaban J connectivity index is 3.80. The lowest BCUT2D eigenvalue weighted by Crippen LogP contribution is -2.45. The quantitative estimate of drug-likeness (QED) is 0.191. The number of rotatable bonds is 22. The van der Waals surface area contributed by atoms with Crippen LogP contribution in [-0.2, 0) is 9.53 Å². The largest absolute Gasteiger partial charge is 0.465 e. The fraction of sp³-hybridized carbons (Fsp3) is 0.958. The van der Waals surface area contributed by atoms with E-state index < -0.39 is 0 Å². The van der Waals surface area contributed by atoms with Crippen molar-refractivity contribution >= 4 is 5.97 Å². The van der Waals surface area contributed by atoms with Crippen LogP contribution in [0.1, 0.15) is 110 Å².